The molecule has 30 heavy (non-hydrogen) atoms. The second-order valence-corrected chi connectivity index (χ2v) is 9.61. The fourth-order valence-electron chi connectivity index (χ4n) is 4.33. The highest BCUT2D eigenvalue weighted by Gasteiger charge is 2.47. The van der Waals surface area contributed by atoms with Crippen molar-refractivity contribution in [3.8, 4) is 0 Å². The van der Waals surface area contributed by atoms with E-state index in [2.05, 4.69) is 0 Å². The number of hydrogen-bond acceptors (Lipinski definition) is 5. The zero-order chi connectivity index (χ0) is 21.5. The van der Waals surface area contributed by atoms with Gasteiger partial charge in [-0.25, -0.2) is 8.42 Å². The van der Waals surface area contributed by atoms with Crippen LogP contribution in [0, 0.1) is 12.8 Å². The van der Waals surface area contributed by atoms with Crippen molar-refractivity contribution in [3.05, 3.63) is 71.3 Å². The minimum Gasteiger partial charge on any atom is -0.468 e. The highest BCUT2D eigenvalue weighted by Crippen LogP contribution is 2.43. The molecule has 0 saturated carbocycles. The smallest absolute Gasteiger partial charge is 0.324 e. The van der Waals surface area contributed by atoms with Gasteiger partial charge in [0, 0.05) is 24.5 Å². The minimum atomic E-state index is -3.92. The summed E-state index contributed by atoms with van der Waals surface area (Å²) in [6.07, 6.45) is 0.395. The average Bonchev–Trinajstić information content (AvgIpc) is 3.08. The van der Waals surface area contributed by atoms with E-state index in [0.29, 0.717) is 5.57 Å². The van der Waals surface area contributed by atoms with Crippen molar-refractivity contribution in [1.29, 1.82) is 0 Å². The lowest BCUT2D eigenvalue weighted by atomic mass is 9.88. The lowest BCUT2D eigenvalue weighted by Gasteiger charge is -2.37. The van der Waals surface area contributed by atoms with Crippen LogP contribution in [0.2, 0.25) is 0 Å². The van der Waals surface area contributed by atoms with E-state index in [1.807, 2.05) is 37.3 Å². The van der Waals surface area contributed by atoms with Gasteiger partial charge in [-0.3, -0.25) is 9.59 Å². The predicted molar refractivity (Wildman–Crippen MR) is 112 cm³/mol. The van der Waals surface area contributed by atoms with Crippen LogP contribution in [0.4, 0.5) is 0 Å². The summed E-state index contributed by atoms with van der Waals surface area (Å²) in [7, 11) is -2.68. The van der Waals surface area contributed by atoms with Gasteiger partial charge in [0.25, 0.3) is 0 Å². The Bertz CT molecular complexity index is 1120. The van der Waals surface area contributed by atoms with Gasteiger partial charge in [0.2, 0.25) is 10.0 Å². The Kier molecular flexibility index (Phi) is 5.34. The number of fused-ring (bicyclic) bond motifs is 1. The molecule has 0 radical (unpaired) electrons. The van der Waals surface area contributed by atoms with Gasteiger partial charge in [-0.15, -0.1) is 0 Å². The van der Waals surface area contributed by atoms with Crippen LogP contribution < -0.4 is 0 Å². The number of aryl methyl sites for hydroxylation is 1. The summed E-state index contributed by atoms with van der Waals surface area (Å²) < 4.78 is 32.9. The van der Waals surface area contributed by atoms with Crippen LogP contribution in [0.1, 0.15) is 24.0 Å². The highest BCUT2D eigenvalue weighted by atomic mass is 32.2. The van der Waals surface area contributed by atoms with Crippen LogP contribution in [0.15, 0.2) is 65.1 Å². The molecule has 2 aliphatic rings. The van der Waals surface area contributed by atoms with E-state index in [4.69, 9.17) is 4.74 Å². The molecule has 7 heteroatoms. The third kappa shape index (κ3) is 3.48. The third-order valence-electron chi connectivity index (χ3n) is 5.85. The third-order valence-corrected chi connectivity index (χ3v) is 7.74. The van der Waals surface area contributed by atoms with Gasteiger partial charge in [0.05, 0.1) is 12.0 Å². The van der Waals surface area contributed by atoms with E-state index in [1.54, 1.807) is 24.3 Å². The van der Waals surface area contributed by atoms with Gasteiger partial charge >= 0.3 is 5.97 Å². The monoisotopic (exact) mass is 425 g/mol. The van der Waals surface area contributed by atoms with Gasteiger partial charge in [-0.2, -0.15) is 4.31 Å². The normalized spacial score (nSPS) is 22.1. The fourth-order valence-corrected chi connectivity index (χ4v) is 5.95. The van der Waals surface area contributed by atoms with Gasteiger partial charge in [0.1, 0.15) is 6.04 Å². The molecule has 1 aliphatic carbocycles. The molecule has 1 saturated heterocycles. The molecule has 0 spiro atoms. The van der Waals surface area contributed by atoms with Crippen LogP contribution in [0.25, 0.3) is 5.57 Å². The number of esters is 1. The number of allylic oxidation sites excluding steroid dienone is 1. The molecule has 0 unspecified atom stereocenters. The lowest BCUT2D eigenvalue weighted by molar-refractivity contribution is -0.145. The molecule has 0 aromatic heterocycles. The topological polar surface area (TPSA) is 80.8 Å². The summed E-state index contributed by atoms with van der Waals surface area (Å²) in [5, 5.41) is 0. The van der Waals surface area contributed by atoms with Crippen LogP contribution in [-0.4, -0.2) is 44.2 Å². The Morgan fingerprint density at radius 2 is 1.70 bits per heavy atom. The van der Waals surface area contributed by atoms with Gasteiger partial charge in [-0.1, -0.05) is 53.6 Å². The molecule has 2 atom stereocenters. The van der Waals surface area contributed by atoms with Gasteiger partial charge in [0.15, 0.2) is 5.78 Å². The number of nitrogens with zero attached hydrogens (tertiary/aromatic N) is 1. The molecule has 1 aliphatic heterocycles. The maximum Gasteiger partial charge on any atom is 0.324 e. The quantitative estimate of drug-likeness (QED) is 0.704. The largest absolute Gasteiger partial charge is 0.468 e. The number of hydrogen-bond donors (Lipinski definition) is 0. The number of methoxy groups -OCH3 is 1. The molecule has 156 valence electrons. The zero-order valence-corrected chi connectivity index (χ0v) is 17.7. The van der Waals surface area contributed by atoms with Crippen LogP contribution in [0.5, 0.6) is 0 Å². The number of carbonyl (C=O) groups is 2. The summed E-state index contributed by atoms with van der Waals surface area (Å²) >= 11 is 0. The number of carbonyl (C=O) groups excluding carboxylic acids is 2. The van der Waals surface area contributed by atoms with E-state index < -0.39 is 22.0 Å². The maximum atomic E-state index is 13.4. The number of benzene rings is 2. The van der Waals surface area contributed by atoms with Gasteiger partial charge < -0.3 is 4.74 Å². The summed E-state index contributed by atoms with van der Waals surface area (Å²) in [6.45, 7) is 1.95. The molecule has 1 heterocycles. The first kappa shape index (κ1) is 20.5. The van der Waals surface area contributed by atoms with Crippen molar-refractivity contribution in [3.63, 3.8) is 0 Å². The van der Waals surface area contributed by atoms with E-state index >= 15 is 0 Å². The number of sulfonamides is 1. The molecule has 0 bridgehead atoms. The maximum absolute atomic E-state index is 13.4. The SMILES string of the molecule is COC(=O)[C@@H]1CC2=C(c3ccccc3)C(=O)C[C@@H]2CN1S(=O)(=O)c1ccc(C)cc1. The fraction of sp³-hybridized carbons (Fsp3) is 0.304. The van der Waals surface area contributed by atoms with E-state index in [0.717, 1.165) is 16.7 Å². The van der Waals surface area contributed by atoms with Crippen molar-refractivity contribution in [1.82, 2.24) is 4.31 Å². The molecule has 6 nitrogen and oxygen atoms in total. The first-order valence-corrected chi connectivity index (χ1v) is 11.2. The van der Waals surface area contributed by atoms with Crippen LogP contribution >= 0.6 is 0 Å². The molecule has 1 fully saturated rings. The number of rotatable bonds is 4. The highest BCUT2D eigenvalue weighted by molar-refractivity contribution is 7.89. The molecule has 2 aromatic rings. The lowest BCUT2D eigenvalue weighted by Crippen LogP contribution is -2.51. The standard InChI is InChI=1S/C23H23NO5S/c1-15-8-10-18(11-9-15)30(27,28)24-14-17-12-21(25)22(16-6-4-3-5-7-16)19(17)13-20(24)23(26)29-2/h3-11,17,20H,12-14H2,1-2H3/t17-,20+/m1/s1. The van der Waals surface area contributed by atoms with Crippen molar-refractivity contribution in [2.75, 3.05) is 13.7 Å². The summed E-state index contributed by atoms with van der Waals surface area (Å²) in [6, 6.07) is 14.9. The second-order valence-electron chi connectivity index (χ2n) is 7.72. The summed E-state index contributed by atoms with van der Waals surface area (Å²) in [5.41, 5.74) is 3.20. The zero-order valence-electron chi connectivity index (χ0n) is 16.9. The molecular weight excluding hydrogens is 402 g/mol. The Morgan fingerprint density at radius 1 is 1.03 bits per heavy atom. The first-order valence-electron chi connectivity index (χ1n) is 9.81. The average molecular weight is 426 g/mol. The van der Waals surface area contributed by atoms with E-state index in [1.165, 1.54) is 11.4 Å². The van der Waals surface area contributed by atoms with Gasteiger partial charge in [-0.05, 0) is 31.0 Å². The summed E-state index contributed by atoms with van der Waals surface area (Å²) in [5.74, 6) is -0.878. The Labute approximate surface area is 176 Å². The molecule has 2 aromatic carbocycles. The number of Topliss-reactive ketones (excluding diaryl/α,β-unsaturated/α-hetero) is 1. The van der Waals surface area contributed by atoms with Crippen molar-refractivity contribution >= 4 is 27.3 Å². The number of piperidine rings is 1. The van der Waals surface area contributed by atoms with E-state index in [-0.39, 0.29) is 36.0 Å². The Morgan fingerprint density at radius 3 is 2.33 bits per heavy atom. The number of ketones is 1. The number of ether oxygens (including phenoxy) is 1. The first-order chi connectivity index (χ1) is 14.3. The predicted octanol–water partition coefficient (Wildman–Crippen LogP) is 2.97. The molecule has 4 rings (SSSR count). The van der Waals surface area contributed by atoms with Crippen molar-refractivity contribution in [2.24, 2.45) is 5.92 Å². The summed E-state index contributed by atoms with van der Waals surface area (Å²) in [4.78, 5) is 25.5. The van der Waals surface area contributed by atoms with Crippen LogP contribution in [0.3, 0.4) is 0 Å². The second kappa shape index (κ2) is 7.81. The molecular formula is C23H23NO5S. The van der Waals surface area contributed by atoms with Crippen molar-refractivity contribution in [2.45, 2.75) is 30.7 Å². The molecule has 0 N–H and O–H groups in total. The molecule has 0 amide bonds. The Hall–Kier alpha value is -2.77. The van der Waals surface area contributed by atoms with E-state index in [9.17, 15) is 18.0 Å². The Balaban J connectivity index is 1.77. The minimum absolute atomic E-state index is 0.0144. The van der Waals surface area contributed by atoms with Crippen LogP contribution in [-0.2, 0) is 24.3 Å². The van der Waals surface area contributed by atoms with Crippen molar-refractivity contribution < 1.29 is 22.7 Å².